The van der Waals surface area contributed by atoms with Gasteiger partial charge in [-0.25, -0.2) is 0 Å². The third kappa shape index (κ3) is 3.68. The number of hydrogen-bond donors (Lipinski definition) is 1. The Morgan fingerprint density at radius 3 is 2.40 bits per heavy atom. The summed E-state index contributed by atoms with van der Waals surface area (Å²) in [5.41, 5.74) is 4.97. The molecule has 0 fully saturated rings. The summed E-state index contributed by atoms with van der Waals surface area (Å²) >= 11 is 0. The Kier molecular flexibility index (Phi) is 3.68. The van der Waals surface area contributed by atoms with Crippen molar-refractivity contribution in [1.82, 2.24) is 5.06 Å². The van der Waals surface area contributed by atoms with Crippen LogP contribution in [0.4, 0.5) is 0 Å². The number of rotatable bonds is 4. The number of primary amides is 1. The first kappa shape index (κ1) is 11.0. The summed E-state index contributed by atoms with van der Waals surface area (Å²) in [4.78, 5) is 26.9. The zero-order valence-corrected chi connectivity index (χ0v) is 8.34. The molecule has 2 amide bonds. The van der Waals surface area contributed by atoms with Crippen molar-refractivity contribution in [2.24, 2.45) is 5.73 Å². The van der Waals surface area contributed by atoms with Crippen molar-refractivity contribution in [3.63, 3.8) is 0 Å². The summed E-state index contributed by atoms with van der Waals surface area (Å²) in [6.45, 7) is 1.04. The van der Waals surface area contributed by atoms with Gasteiger partial charge in [0.2, 0.25) is 5.91 Å². The predicted octanol–water partition coefficient (Wildman–Crippen LogP) is 0.314. The fourth-order valence-corrected chi connectivity index (χ4v) is 0.958. The van der Waals surface area contributed by atoms with Crippen LogP contribution in [0.1, 0.15) is 6.92 Å². The van der Waals surface area contributed by atoms with Gasteiger partial charge in [-0.05, 0) is 12.1 Å². The lowest BCUT2D eigenvalue weighted by atomic mass is 10.3. The molecule has 0 saturated heterocycles. The highest BCUT2D eigenvalue weighted by molar-refractivity contribution is 5.81. The van der Waals surface area contributed by atoms with Gasteiger partial charge in [-0.3, -0.25) is 9.59 Å². The first-order chi connectivity index (χ1) is 7.09. The highest BCUT2D eigenvalue weighted by Crippen LogP contribution is 2.10. The van der Waals surface area contributed by atoms with Gasteiger partial charge in [-0.2, -0.15) is 5.06 Å². The zero-order chi connectivity index (χ0) is 11.3. The molecule has 1 rings (SSSR count). The van der Waals surface area contributed by atoms with Crippen LogP contribution >= 0.6 is 0 Å². The number of hydrogen-bond acceptors (Lipinski definition) is 3. The average Bonchev–Trinajstić information content (AvgIpc) is 2.17. The van der Waals surface area contributed by atoms with Gasteiger partial charge in [0.1, 0.15) is 6.54 Å². The molecule has 0 aliphatic carbocycles. The van der Waals surface area contributed by atoms with Crippen molar-refractivity contribution < 1.29 is 14.4 Å². The van der Waals surface area contributed by atoms with E-state index < -0.39 is 5.91 Å². The fraction of sp³-hybridized carbons (Fsp3) is 0.200. The second-order valence-corrected chi connectivity index (χ2v) is 2.93. The summed E-state index contributed by atoms with van der Waals surface area (Å²) in [6, 6.07) is 8.70. The van der Waals surface area contributed by atoms with Crippen molar-refractivity contribution in [3.05, 3.63) is 30.3 Å². The lowest BCUT2D eigenvalue weighted by molar-refractivity contribution is -0.158. The third-order valence-electron chi connectivity index (χ3n) is 1.61. The summed E-state index contributed by atoms with van der Waals surface area (Å²) in [5.74, 6) is -0.521. The molecule has 0 aromatic heterocycles. The van der Waals surface area contributed by atoms with Gasteiger partial charge in [0, 0.05) is 6.92 Å². The van der Waals surface area contributed by atoms with E-state index >= 15 is 0 Å². The van der Waals surface area contributed by atoms with Crippen LogP contribution in [0.3, 0.4) is 0 Å². The largest absolute Gasteiger partial charge is 0.376 e. The summed E-state index contributed by atoms with van der Waals surface area (Å²) < 4.78 is 0. The van der Waals surface area contributed by atoms with Gasteiger partial charge in [-0.1, -0.05) is 18.2 Å². The van der Waals surface area contributed by atoms with Crippen LogP contribution in [0.25, 0.3) is 0 Å². The number of carbonyl (C=O) groups excluding carboxylic acids is 2. The van der Waals surface area contributed by atoms with Gasteiger partial charge in [-0.15, -0.1) is 0 Å². The molecule has 0 spiro atoms. The van der Waals surface area contributed by atoms with E-state index in [1.807, 2.05) is 6.07 Å². The normalized spacial score (nSPS) is 9.40. The molecule has 0 saturated carbocycles. The van der Waals surface area contributed by atoms with Gasteiger partial charge in [0.15, 0.2) is 5.75 Å². The number of hydroxylamine groups is 2. The number of benzene rings is 1. The Morgan fingerprint density at radius 2 is 1.93 bits per heavy atom. The topological polar surface area (TPSA) is 72.6 Å². The van der Waals surface area contributed by atoms with Crippen molar-refractivity contribution in [3.8, 4) is 5.75 Å². The lowest BCUT2D eigenvalue weighted by Gasteiger charge is -2.18. The van der Waals surface area contributed by atoms with E-state index in [0.717, 1.165) is 5.06 Å². The molecule has 2 N–H and O–H groups in total. The number of amides is 2. The Bertz CT molecular complexity index is 351. The Hall–Kier alpha value is -2.04. The Balaban J connectivity index is 2.67. The lowest BCUT2D eigenvalue weighted by Crippen LogP contribution is -2.39. The van der Waals surface area contributed by atoms with E-state index in [1.54, 1.807) is 24.3 Å². The monoisotopic (exact) mass is 208 g/mol. The van der Waals surface area contributed by atoms with Crippen molar-refractivity contribution >= 4 is 11.8 Å². The second kappa shape index (κ2) is 4.99. The molecule has 0 aliphatic rings. The molecule has 0 aliphatic heterocycles. The molecule has 5 heteroatoms. The smallest absolute Gasteiger partial charge is 0.252 e. The predicted molar refractivity (Wildman–Crippen MR) is 53.7 cm³/mol. The molecule has 0 unspecified atom stereocenters. The van der Waals surface area contributed by atoms with Crippen molar-refractivity contribution in [2.75, 3.05) is 6.54 Å². The van der Waals surface area contributed by atoms with Crippen LogP contribution in [0.5, 0.6) is 5.75 Å². The summed E-state index contributed by atoms with van der Waals surface area (Å²) in [6.07, 6.45) is 0. The van der Waals surface area contributed by atoms with Crippen LogP contribution in [0.2, 0.25) is 0 Å². The molecule has 15 heavy (non-hydrogen) atoms. The molecule has 1 aromatic carbocycles. The third-order valence-corrected chi connectivity index (χ3v) is 1.61. The second-order valence-electron chi connectivity index (χ2n) is 2.93. The minimum atomic E-state index is -0.624. The molecular formula is C10H12N2O3. The molecule has 80 valence electrons. The minimum absolute atomic E-state index is 0.260. The van der Waals surface area contributed by atoms with Crippen LogP contribution in [-0.2, 0) is 9.59 Å². The first-order valence-corrected chi connectivity index (χ1v) is 4.39. The van der Waals surface area contributed by atoms with Crippen LogP contribution < -0.4 is 10.6 Å². The molecular weight excluding hydrogens is 196 g/mol. The van der Waals surface area contributed by atoms with E-state index in [9.17, 15) is 9.59 Å². The van der Waals surface area contributed by atoms with Crippen LogP contribution in [-0.4, -0.2) is 23.4 Å². The highest BCUT2D eigenvalue weighted by atomic mass is 16.7. The Morgan fingerprint density at radius 1 is 1.33 bits per heavy atom. The van der Waals surface area contributed by atoms with E-state index in [0.29, 0.717) is 5.75 Å². The molecule has 1 aromatic rings. The number of carbonyl (C=O) groups is 2. The van der Waals surface area contributed by atoms with Crippen LogP contribution in [0.15, 0.2) is 30.3 Å². The first-order valence-electron chi connectivity index (χ1n) is 4.39. The van der Waals surface area contributed by atoms with Gasteiger partial charge in [0.05, 0.1) is 0 Å². The van der Waals surface area contributed by atoms with Crippen molar-refractivity contribution in [1.29, 1.82) is 0 Å². The molecule has 0 radical (unpaired) electrons. The van der Waals surface area contributed by atoms with Gasteiger partial charge in [0.25, 0.3) is 5.91 Å². The van der Waals surface area contributed by atoms with Crippen molar-refractivity contribution in [2.45, 2.75) is 6.92 Å². The van der Waals surface area contributed by atoms with E-state index in [4.69, 9.17) is 10.6 Å². The van der Waals surface area contributed by atoms with Gasteiger partial charge < -0.3 is 10.6 Å². The standard InChI is InChI=1S/C10H12N2O3/c1-8(13)12(7-10(11)14)15-9-5-3-2-4-6-9/h2-6H,7H2,1H3,(H2,11,14). The number of para-hydroxylation sites is 1. The Labute approximate surface area is 87.4 Å². The average molecular weight is 208 g/mol. The summed E-state index contributed by atoms with van der Waals surface area (Å²) in [7, 11) is 0. The maximum atomic E-state index is 11.1. The number of nitrogens with zero attached hydrogens (tertiary/aromatic N) is 1. The quantitative estimate of drug-likeness (QED) is 0.724. The van der Waals surface area contributed by atoms with E-state index in [1.165, 1.54) is 6.92 Å². The highest BCUT2D eigenvalue weighted by Gasteiger charge is 2.13. The number of nitrogens with two attached hydrogens (primary N) is 1. The molecule has 0 bridgehead atoms. The van der Waals surface area contributed by atoms with E-state index in [-0.39, 0.29) is 12.5 Å². The zero-order valence-electron chi connectivity index (χ0n) is 8.34. The molecule has 0 heterocycles. The summed E-state index contributed by atoms with van der Waals surface area (Å²) in [5, 5.41) is 0.914. The fourth-order valence-electron chi connectivity index (χ4n) is 0.958. The maximum absolute atomic E-state index is 11.1. The maximum Gasteiger partial charge on any atom is 0.252 e. The van der Waals surface area contributed by atoms with Crippen LogP contribution in [0, 0.1) is 0 Å². The molecule has 0 atom stereocenters. The molecule has 5 nitrogen and oxygen atoms in total. The van der Waals surface area contributed by atoms with Gasteiger partial charge >= 0.3 is 0 Å². The minimum Gasteiger partial charge on any atom is -0.376 e. The SMILES string of the molecule is CC(=O)N(CC(N)=O)Oc1ccccc1. The van der Waals surface area contributed by atoms with E-state index in [2.05, 4.69) is 0 Å².